The van der Waals surface area contributed by atoms with E-state index in [-0.39, 0.29) is 0 Å². The summed E-state index contributed by atoms with van der Waals surface area (Å²) in [5.41, 5.74) is 10.7. The van der Waals surface area contributed by atoms with E-state index in [1.54, 1.807) is 12.4 Å². The van der Waals surface area contributed by atoms with Gasteiger partial charge in [0.25, 0.3) is 0 Å². The fourth-order valence-corrected chi connectivity index (χ4v) is 2.64. The first kappa shape index (κ1) is 13.5. The van der Waals surface area contributed by atoms with E-state index < -0.39 is 0 Å². The van der Waals surface area contributed by atoms with E-state index in [4.69, 9.17) is 10.7 Å². The molecule has 5 nitrogen and oxygen atoms in total. The van der Waals surface area contributed by atoms with Crippen molar-refractivity contribution in [2.45, 2.75) is 6.92 Å². The second-order valence-electron chi connectivity index (χ2n) is 5.39. The van der Waals surface area contributed by atoms with E-state index in [1.807, 2.05) is 28.8 Å². The van der Waals surface area contributed by atoms with Crippen LogP contribution in [0.25, 0.3) is 28.2 Å². The number of hydrogen-bond donors (Lipinski definition) is 1. The van der Waals surface area contributed by atoms with Crippen molar-refractivity contribution >= 4 is 17.0 Å². The van der Waals surface area contributed by atoms with Gasteiger partial charge in [-0.2, -0.15) is 0 Å². The summed E-state index contributed by atoms with van der Waals surface area (Å²) in [6.07, 6.45) is 3.45. The number of nitrogens with zero attached hydrogens (tertiary/aromatic N) is 4. The summed E-state index contributed by atoms with van der Waals surface area (Å²) < 4.78 is 2.02. The second-order valence-corrected chi connectivity index (χ2v) is 5.39. The standard InChI is InChI=1S/C18H15N5/c1-12-6-8-13(9-7-12)23-17(14-4-2-10-20-16(14)19)22-15-5-3-11-21-18(15)23/h2-11H,1H3,(H2,19,20). The van der Waals surface area contributed by atoms with E-state index in [0.29, 0.717) is 5.82 Å². The minimum absolute atomic E-state index is 0.455. The van der Waals surface area contributed by atoms with E-state index in [2.05, 4.69) is 41.2 Å². The Labute approximate surface area is 133 Å². The van der Waals surface area contributed by atoms with Gasteiger partial charge >= 0.3 is 0 Å². The lowest BCUT2D eigenvalue weighted by molar-refractivity contribution is 1.07. The van der Waals surface area contributed by atoms with Crippen LogP contribution in [0, 0.1) is 6.92 Å². The van der Waals surface area contributed by atoms with Crippen LogP contribution in [0.2, 0.25) is 0 Å². The molecule has 0 atom stereocenters. The fraction of sp³-hybridized carbons (Fsp3) is 0.0556. The molecule has 0 amide bonds. The third kappa shape index (κ3) is 2.23. The molecule has 0 spiro atoms. The van der Waals surface area contributed by atoms with Crippen molar-refractivity contribution in [1.29, 1.82) is 0 Å². The van der Waals surface area contributed by atoms with Crippen LogP contribution >= 0.6 is 0 Å². The minimum Gasteiger partial charge on any atom is -0.383 e. The van der Waals surface area contributed by atoms with Gasteiger partial charge in [-0.1, -0.05) is 17.7 Å². The number of pyridine rings is 2. The number of fused-ring (bicyclic) bond motifs is 1. The lowest BCUT2D eigenvalue weighted by atomic mass is 10.2. The summed E-state index contributed by atoms with van der Waals surface area (Å²) in [6.45, 7) is 2.06. The molecule has 1 aromatic carbocycles. The number of aromatic nitrogens is 4. The van der Waals surface area contributed by atoms with Gasteiger partial charge in [0.2, 0.25) is 0 Å². The molecule has 0 aliphatic carbocycles. The Morgan fingerprint density at radius 2 is 1.65 bits per heavy atom. The largest absolute Gasteiger partial charge is 0.383 e. The number of imidazole rings is 1. The number of hydrogen-bond acceptors (Lipinski definition) is 4. The molecule has 0 bridgehead atoms. The molecule has 0 unspecified atom stereocenters. The molecule has 4 rings (SSSR count). The summed E-state index contributed by atoms with van der Waals surface area (Å²) in [5, 5.41) is 0. The average Bonchev–Trinajstić information content (AvgIpc) is 2.95. The predicted molar refractivity (Wildman–Crippen MR) is 91.2 cm³/mol. The van der Waals surface area contributed by atoms with Gasteiger partial charge in [0, 0.05) is 18.1 Å². The highest BCUT2D eigenvalue weighted by molar-refractivity contribution is 5.82. The van der Waals surface area contributed by atoms with Crippen LogP contribution in [-0.2, 0) is 0 Å². The summed E-state index contributed by atoms with van der Waals surface area (Å²) in [6, 6.07) is 15.9. The Morgan fingerprint density at radius 1 is 0.913 bits per heavy atom. The molecule has 3 aromatic heterocycles. The molecule has 23 heavy (non-hydrogen) atoms. The Kier molecular flexibility index (Phi) is 3.05. The van der Waals surface area contributed by atoms with Crippen molar-refractivity contribution in [3.05, 3.63) is 66.5 Å². The summed E-state index contributed by atoms with van der Waals surface area (Å²) in [5.74, 6) is 1.20. The van der Waals surface area contributed by atoms with Gasteiger partial charge < -0.3 is 5.73 Å². The number of nitrogens with two attached hydrogens (primary N) is 1. The third-order valence-electron chi connectivity index (χ3n) is 3.79. The van der Waals surface area contributed by atoms with E-state index in [0.717, 1.165) is 28.2 Å². The Hall–Kier alpha value is -3.21. The summed E-state index contributed by atoms with van der Waals surface area (Å²) >= 11 is 0. The highest BCUT2D eigenvalue weighted by atomic mass is 15.1. The maximum Gasteiger partial charge on any atom is 0.164 e. The van der Waals surface area contributed by atoms with E-state index >= 15 is 0 Å². The first-order valence-electron chi connectivity index (χ1n) is 7.35. The van der Waals surface area contributed by atoms with E-state index in [9.17, 15) is 0 Å². The highest BCUT2D eigenvalue weighted by Crippen LogP contribution is 2.29. The van der Waals surface area contributed by atoms with Crippen LogP contribution in [0.3, 0.4) is 0 Å². The predicted octanol–water partition coefficient (Wildman–Crippen LogP) is 3.37. The van der Waals surface area contributed by atoms with Crippen LogP contribution in [0.5, 0.6) is 0 Å². The molecule has 4 aromatic rings. The van der Waals surface area contributed by atoms with Gasteiger partial charge in [-0.25, -0.2) is 15.0 Å². The maximum absolute atomic E-state index is 6.06. The molecule has 0 fully saturated rings. The molecule has 0 saturated heterocycles. The molecule has 0 aliphatic heterocycles. The summed E-state index contributed by atoms with van der Waals surface area (Å²) in [7, 11) is 0. The zero-order valence-electron chi connectivity index (χ0n) is 12.6. The number of nitrogen functional groups attached to an aromatic ring is 1. The SMILES string of the molecule is Cc1ccc(-n2c(-c3cccnc3N)nc3cccnc32)cc1. The van der Waals surface area contributed by atoms with E-state index in [1.165, 1.54) is 5.56 Å². The van der Waals surface area contributed by atoms with Crippen LogP contribution in [0.4, 0.5) is 5.82 Å². The maximum atomic E-state index is 6.06. The van der Waals surface area contributed by atoms with Crippen molar-refractivity contribution in [2.24, 2.45) is 0 Å². The average molecular weight is 301 g/mol. The zero-order chi connectivity index (χ0) is 15.8. The molecule has 0 saturated carbocycles. The van der Waals surface area contributed by atoms with Crippen molar-refractivity contribution in [1.82, 2.24) is 19.5 Å². The number of benzene rings is 1. The first-order valence-corrected chi connectivity index (χ1v) is 7.35. The Bertz CT molecular complexity index is 986. The van der Waals surface area contributed by atoms with Gasteiger partial charge in [-0.05, 0) is 43.3 Å². The van der Waals surface area contributed by atoms with Crippen LogP contribution in [-0.4, -0.2) is 19.5 Å². The Balaban J connectivity index is 2.06. The second kappa shape index (κ2) is 5.21. The van der Waals surface area contributed by atoms with Gasteiger partial charge in [0.15, 0.2) is 11.5 Å². The minimum atomic E-state index is 0.455. The van der Waals surface area contributed by atoms with Crippen LogP contribution < -0.4 is 5.73 Å². The smallest absolute Gasteiger partial charge is 0.164 e. The van der Waals surface area contributed by atoms with Crippen molar-refractivity contribution in [3.63, 3.8) is 0 Å². The first-order chi connectivity index (χ1) is 11.2. The number of aryl methyl sites for hydroxylation is 1. The fourth-order valence-electron chi connectivity index (χ4n) is 2.64. The molecule has 2 N–H and O–H groups in total. The van der Waals surface area contributed by atoms with Crippen molar-refractivity contribution in [2.75, 3.05) is 5.73 Å². The van der Waals surface area contributed by atoms with Gasteiger partial charge in [0.05, 0.1) is 5.56 Å². The van der Waals surface area contributed by atoms with Crippen molar-refractivity contribution in [3.8, 4) is 17.1 Å². The molecule has 3 heterocycles. The molecular weight excluding hydrogens is 286 g/mol. The van der Waals surface area contributed by atoms with Crippen LogP contribution in [0.1, 0.15) is 5.56 Å². The van der Waals surface area contributed by atoms with Gasteiger partial charge in [-0.3, -0.25) is 4.57 Å². The molecule has 5 heteroatoms. The molecule has 0 radical (unpaired) electrons. The quantitative estimate of drug-likeness (QED) is 0.616. The summed E-state index contributed by atoms with van der Waals surface area (Å²) in [4.78, 5) is 13.4. The number of anilines is 1. The van der Waals surface area contributed by atoms with Crippen LogP contribution in [0.15, 0.2) is 60.9 Å². The highest BCUT2D eigenvalue weighted by Gasteiger charge is 2.17. The third-order valence-corrected chi connectivity index (χ3v) is 3.79. The normalized spacial score (nSPS) is 11.0. The number of rotatable bonds is 2. The van der Waals surface area contributed by atoms with Gasteiger partial charge in [-0.15, -0.1) is 0 Å². The lowest BCUT2D eigenvalue weighted by Crippen LogP contribution is -2.01. The topological polar surface area (TPSA) is 69.6 Å². The van der Waals surface area contributed by atoms with Crippen molar-refractivity contribution < 1.29 is 0 Å². The molecule has 112 valence electrons. The lowest BCUT2D eigenvalue weighted by Gasteiger charge is -2.10. The molecule has 0 aliphatic rings. The zero-order valence-corrected chi connectivity index (χ0v) is 12.6. The van der Waals surface area contributed by atoms with Gasteiger partial charge in [0.1, 0.15) is 11.3 Å². The Morgan fingerprint density at radius 3 is 2.43 bits per heavy atom. The molecular formula is C18H15N5. The monoisotopic (exact) mass is 301 g/mol.